The normalized spacial score (nSPS) is 15.6. The van der Waals surface area contributed by atoms with Crippen LogP contribution in [-0.4, -0.2) is 57.3 Å². The molecule has 8 nitrogen and oxygen atoms in total. The topological polar surface area (TPSA) is 89.1 Å². The van der Waals surface area contributed by atoms with Gasteiger partial charge in [0.2, 0.25) is 5.91 Å². The van der Waals surface area contributed by atoms with E-state index in [-0.39, 0.29) is 18.0 Å². The average Bonchev–Trinajstić information content (AvgIpc) is 2.85. The van der Waals surface area contributed by atoms with Crippen LogP contribution in [0.5, 0.6) is 17.2 Å². The minimum absolute atomic E-state index is 0.270. The maximum absolute atomic E-state index is 13.3. The molecular weight excluding hydrogens is 422 g/mol. The number of methoxy groups -OCH3 is 3. The van der Waals surface area contributed by atoms with Crippen LogP contribution in [0, 0.1) is 0 Å². The van der Waals surface area contributed by atoms with Gasteiger partial charge in [-0.3, -0.25) is 4.79 Å². The number of amides is 3. The zero-order chi connectivity index (χ0) is 24.0. The molecule has 1 aliphatic heterocycles. The SMILES string of the molecule is C=CCNC(=O)[C@H](C)NC(=O)N1CCc2cc(OC)c(OC)cc2C1c1ccc(OC)cc1. The van der Waals surface area contributed by atoms with Crippen LogP contribution in [0.15, 0.2) is 49.1 Å². The number of carbonyl (C=O) groups excluding carboxylic acids is 2. The van der Waals surface area contributed by atoms with E-state index in [0.29, 0.717) is 31.0 Å². The van der Waals surface area contributed by atoms with E-state index in [2.05, 4.69) is 17.2 Å². The summed E-state index contributed by atoms with van der Waals surface area (Å²) in [4.78, 5) is 27.3. The third-order valence-electron chi connectivity index (χ3n) is 5.72. The first-order chi connectivity index (χ1) is 15.9. The first-order valence-electron chi connectivity index (χ1n) is 10.8. The second kappa shape index (κ2) is 10.8. The van der Waals surface area contributed by atoms with Crippen LogP contribution >= 0.6 is 0 Å². The van der Waals surface area contributed by atoms with E-state index >= 15 is 0 Å². The molecule has 2 aromatic rings. The number of fused-ring (bicyclic) bond motifs is 1. The van der Waals surface area contributed by atoms with Crippen molar-refractivity contribution in [2.75, 3.05) is 34.4 Å². The molecule has 176 valence electrons. The van der Waals surface area contributed by atoms with Gasteiger partial charge in [-0.2, -0.15) is 0 Å². The van der Waals surface area contributed by atoms with E-state index in [1.165, 1.54) is 0 Å². The van der Waals surface area contributed by atoms with Crippen molar-refractivity contribution in [2.24, 2.45) is 0 Å². The number of nitrogens with zero attached hydrogens (tertiary/aromatic N) is 1. The molecule has 0 saturated heterocycles. The second-order valence-corrected chi connectivity index (χ2v) is 7.73. The molecule has 33 heavy (non-hydrogen) atoms. The van der Waals surface area contributed by atoms with Crippen LogP contribution in [0.2, 0.25) is 0 Å². The molecule has 1 heterocycles. The lowest BCUT2D eigenvalue weighted by molar-refractivity contribution is -0.122. The summed E-state index contributed by atoms with van der Waals surface area (Å²) in [6.07, 6.45) is 2.24. The van der Waals surface area contributed by atoms with Gasteiger partial charge >= 0.3 is 6.03 Å². The Bertz CT molecular complexity index is 1010. The molecular formula is C25H31N3O5. The van der Waals surface area contributed by atoms with E-state index in [1.807, 2.05) is 36.4 Å². The predicted octanol–water partition coefficient (Wildman–Crippen LogP) is 3.06. The molecule has 0 spiro atoms. The summed E-state index contributed by atoms with van der Waals surface area (Å²) in [7, 11) is 4.80. The van der Waals surface area contributed by atoms with Crippen molar-refractivity contribution in [1.82, 2.24) is 15.5 Å². The fourth-order valence-electron chi connectivity index (χ4n) is 3.97. The average molecular weight is 454 g/mol. The highest BCUT2D eigenvalue weighted by molar-refractivity contribution is 5.87. The lowest BCUT2D eigenvalue weighted by Crippen LogP contribution is -2.52. The minimum Gasteiger partial charge on any atom is -0.497 e. The largest absolute Gasteiger partial charge is 0.497 e. The summed E-state index contributed by atoms with van der Waals surface area (Å²) in [6.45, 7) is 6.07. The molecule has 0 fully saturated rings. The standard InChI is InChI=1S/C25H31N3O5/c1-6-12-26-24(29)16(2)27-25(30)28-13-11-18-14-21(32-4)22(33-5)15-20(18)23(28)17-7-9-19(31-3)10-8-17/h6-10,14-16,23H,1,11-13H2,2-5H3,(H,26,29)(H,27,30)/t16-,23?/m0/s1. The van der Waals surface area contributed by atoms with E-state index < -0.39 is 6.04 Å². The van der Waals surface area contributed by atoms with Crippen LogP contribution < -0.4 is 24.8 Å². The number of nitrogens with one attached hydrogen (secondary N) is 2. The van der Waals surface area contributed by atoms with Gasteiger partial charge in [-0.05, 0) is 54.3 Å². The molecule has 0 bridgehead atoms. The van der Waals surface area contributed by atoms with Crippen molar-refractivity contribution in [3.05, 3.63) is 65.7 Å². The van der Waals surface area contributed by atoms with Crippen LogP contribution in [0.4, 0.5) is 4.79 Å². The van der Waals surface area contributed by atoms with Crippen molar-refractivity contribution in [3.63, 3.8) is 0 Å². The van der Waals surface area contributed by atoms with Gasteiger partial charge in [-0.25, -0.2) is 4.79 Å². The second-order valence-electron chi connectivity index (χ2n) is 7.73. The molecule has 0 saturated carbocycles. The molecule has 8 heteroatoms. The van der Waals surface area contributed by atoms with Crippen molar-refractivity contribution < 1.29 is 23.8 Å². The molecule has 0 aliphatic carbocycles. The van der Waals surface area contributed by atoms with E-state index in [1.54, 1.807) is 39.2 Å². The van der Waals surface area contributed by atoms with Crippen molar-refractivity contribution in [2.45, 2.75) is 25.4 Å². The fraction of sp³-hybridized carbons (Fsp3) is 0.360. The summed E-state index contributed by atoms with van der Waals surface area (Å²) in [5.74, 6) is 1.70. The molecule has 2 aromatic carbocycles. The van der Waals surface area contributed by atoms with Gasteiger partial charge in [0.05, 0.1) is 27.4 Å². The minimum atomic E-state index is -0.694. The van der Waals surface area contributed by atoms with Crippen molar-refractivity contribution >= 4 is 11.9 Å². The number of hydrogen-bond acceptors (Lipinski definition) is 5. The van der Waals surface area contributed by atoms with Gasteiger partial charge in [-0.1, -0.05) is 18.2 Å². The Balaban J connectivity index is 1.98. The maximum Gasteiger partial charge on any atom is 0.318 e. The lowest BCUT2D eigenvalue weighted by Gasteiger charge is -2.38. The fourth-order valence-corrected chi connectivity index (χ4v) is 3.97. The third kappa shape index (κ3) is 5.22. The summed E-state index contributed by atoms with van der Waals surface area (Å²) in [5, 5.41) is 5.53. The highest BCUT2D eigenvalue weighted by Crippen LogP contribution is 2.41. The Morgan fingerprint density at radius 1 is 1.12 bits per heavy atom. The first-order valence-corrected chi connectivity index (χ1v) is 10.8. The van der Waals surface area contributed by atoms with Crippen LogP contribution in [0.1, 0.15) is 29.7 Å². The van der Waals surface area contributed by atoms with Gasteiger partial charge in [-0.15, -0.1) is 6.58 Å². The molecule has 2 atom stereocenters. The Labute approximate surface area is 194 Å². The first kappa shape index (κ1) is 24.0. The summed E-state index contributed by atoms with van der Waals surface area (Å²) >= 11 is 0. The predicted molar refractivity (Wildman–Crippen MR) is 126 cm³/mol. The van der Waals surface area contributed by atoms with E-state index in [4.69, 9.17) is 14.2 Å². The number of carbonyl (C=O) groups is 2. The van der Waals surface area contributed by atoms with Gasteiger partial charge in [0.15, 0.2) is 11.5 Å². The zero-order valence-corrected chi connectivity index (χ0v) is 19.5. The molecule has 1 unspecified atom stereocenters. The zero-order valence-electron chi connectivity index (χ0n) is 19.5. The highest BCUT2D eigenvalue weighted by atomic mass is 16.5. The van der Waals surface area contributed by atoms with Gasteiger partial charge < -0.3 is 29.7 Å². The Morgan fingerprint density at radius 3 is 2.39 bits per heavy atom. The van der Waals surface area contributed by atoms with Crippen LogP contribution in [-0.2, 0) is 11.2 Å². The molecule has 3 amide bonds. The molecule has 1 aliphatic rings. The number of ether oxygens (including phenoxy) is 3. The smallest absolute Gasteiger partial charge is 0.318 e. The van der Waals surface area contributed by atoms with Gasteiger partial charge in [0, 0.05) is 13.1 Å². The molecule has 2 N–H and O–H groups in total. The summed E-state index contributed by atoms with van der Waals surface area (Å²) < 4.78 is 16.3. The lowest BCUT2D eigenvalue weighted by atomic mass is 9.87. The third-order valence-corrected chi connectivity index (χ3v) is 5.72. The van der Waals surface area contributed by atoms with Crippen molar-refractivity contribution in [3.8, 4) is 17.2 Å². The maximum atomic E-state index is 13.3. The van der Waals surface area contributed by atoms with Gasteiger partial charge in [0.25, 0.3) is 0 Å². The summed E-state index contributed by atoms with van der Waals surface area (Å²) in [5.41, 5.74) is 2.94. The number of benzene rings is 2. The van der Waals surface area contributed by atoms with E-state index in [0.717, 1.165) is 22.4 Å². The van der Waals surface area contributed by atoms with Crippen LogP contribution in [0.3, 0.4) is 0 Å². The number of rotatable bonds is 8. The van der Waals surface area contributed by atoms with E-state index in [9.17, 15) is 9.59 Å². The molecule has 3 rings (SSSR count). The number of hydrogen-bond donors (Lipinski definition) is 2. The Kier molecular flexibility index (Phi) is 7.82. The summed E-state index contributed by atoms with van der Waals surface area (Å²) in [6, 6.07) is 10.1. The van der Waals surface area contributed by atoms with Gasteiger partial charge in [0.1, 0.15) is 11.8 Å². The number of urea groups is 1. The molecule has 0 radical (unpaired) electrons. The Hall–Kier alpha value is -3.68. The molecule has 0 aromatic heterocycles. The van der Waals surface area contributed by atoms with Crippen molar-refractivity contribution in [1.29, 1.82) is 0 Å². The highest BCUT2D eigenvalue weighted by Gasteiger charge is 2.34. The monoisotopic (exact) mass is 453 g/mol. The Morgan fingerprint density at radius 2 is 1.79 bits per heavy atom. The van der Waals surface area contributed by atoms with Crippen LogP contribution in [0.25, 0.3) is 0 Å². The quantitative estimate of drug-likeness (QED) is 0.600.